The first-order chi connectivity index (χ1) is 33.1. The Hall–Kier alpha value is -6.99. The lowest BCUT2D eigenvalue weighted by molar-refractivity contribution is -0.142. The lowest BCUT2D eigenvalue weighted by Crippen LogP contribution is -2.60. The minimum Gasteiger partial charge on any atom is -0.481 e. The van der Waals surface area contributed by atoms with E-state index in [1.807, 2.05) is 0 Å². The number of carboxylic acid groups (broad SMARTS) is 1. The third kappa shape index (κ3) is 22.4. The van der Waals surface area contributed by atoms with Crippen LogP contribution < -0.4 is 66.3 Å². The van der Waals surface area contributed by atoms with E-state index in [9.17, 15) is 48.3 Å². The van der Waals surface area contributed by atoms with Crippen LogP contribution in [-0.2, 0) is 56.0 Å². The van der Waals surface area contributed by atoms with Crippen molar-refractivity contribution in [1.82, 2.24) is 41.9 Å². The molecular weight excluding hydrogens is 911 g/mol. The maximum atomic E-state index is 14.3. The molecule has 0 saturated carbocycles. The van der Waals surface area contributed by atoms with E-state index in [-0.39, 0.29) is 51.2 Å². The smallest absolute Gasteiger partial charge is 0.305 e. The fourth-order valence-electron chi connectivity index (χ4n) is 7.02. The van der Waals surface area contributed by atoms with Crippen LogP contribution in [0.1, 0.15) is 96.2 Å². The number of nitrogens with one attached hydrogen (secondary N) is 7. The molecule has 0 saturated heterocycles. The van der Waals surface area contributed by atoms with Crippen LogP contribution >= 0.6 is 0 Å². The average molecular weight is 984 g/mol. The summed E-state index contributed by atoms with van der Waals surface area (Å²) in [6.07, 6.45) is 3.33. The van der Waals surface area contributed by atoms with Crippen LogP contribution in [0.5, 0.6) is 0 Å². The fourth-order valence-corrected chi connectivity index (χ4v) is 7.02. The summed E-state index contributed by atoms with van der Waals surface area (Å²) < 4.78 is 0. The molecule has 1 aromatic carbocycles. The van der Waals surface area contributed by atoms with Crippen molar-refractivity contribution < 1.29 is 48.3 Å². The van der Waals surface area contributed by atoms with Crippen LogP contribution in [0.3, 0.4) is 0 Å². The number of carbonyl (C=O) groups is 9. The number of hydrogen-bond donors (Lipinski definition) is 14. The number of aromatic amines is 1. The topological polar surface area (TPSA) is 443 Å². The number of primary amides is 1. The SMILES string of the molecule is CC(C)(C)C(=O)[C@H](CC(=O)O)NC(=O)[C@H](CCCCN)NC(=O)C(CC(N)=O)NC(=O)[C@H](Cc1ccccc1)NC(=O)[C@H](CCCN=C(N)N)NC(=O)[C@H](Cc1cnc[nH]1)NC(=O)[C@@H](N)CCCCN. The van der Waals surface area contributed by atoms with Crippen LogP contribution in [-0.4, -0.2) is 136 Å². The molecule has 1 unspecified atom stereocenters. The van der Waals surface area contributed by atoms with Gasteiger partial charge in [0.2, 0.25) is 41.4 Å². The molecule has 0 fully saturated rings. The van der Waals surface area contributed by atoms with Gasteiger partial charge >= 0.3 is 5.97 Å². The molecule has 20 N–H and O–H groups in total. The molecule has 0 bridgehead atoms. The molecule has 1 heterocycles. The molecular formula is C45H73N15O10. The summed E-state index contributed by atoms with van der Waals surface area (Å²) in [5.74, 6) is -8.39. The van der Waals surface area contributed by atoms with E-state index >= 15 is 0 Å². The number of aliphatic imine (C=N–C) groups is 1. The molecule has 25 nitrogen and oxygen atoms in total. The van der Waals surface area contributed by atoms with Gasteiger partial charge in [0.25, 0.3) is 0 Å². The fraction of sp³-hybridized carbons (Fsp3) is 0.578. The summed E-state index contributed by atoms with van der Waals surface area (Å²) in [7, 11) is 0. The summed E-state index contributed by atoms with van der Waals surface area (Å²) >= 11 is 0. The van der Waals surface area contributed by atoms with E-state index in [1.54, 1.807) is 51.1 Å². The van der Waals surface area contributed by atoms with E-state index in [2.05, 4.69) is 46.9 Å². The molecule has 70 heavy (non-hydrogen) atoms. The molecule has 0 aliphatic carbocycles. The van der Waals surface area contributed by atoms with Gasteiger partial charge in [-0.2, -0.15) is 0 Å². The molecule has 7 atom stereocenters. The molecule has 7 amide bonds. The van der Waals surface area contributed by atoms with Crippen molar-refractivity contribution in [2.75, 3.05) is 19.6 Å². The van der Waals surface area contributed by atoms with Crippen LogP contribution in [0.15, 0.2) is 47.8 Å². The molecule has 0 aliphatic rings. The van der Waals surface area contributed by atoms with Crippen LogP contribution in [0, 0.1) is 5.41 Å². The standard InChI is InChI=1S/C45H73N15O10/c1-45(2,3)37(64)31(23-36(62)63)57-39(66)29(15-8-10-18-47)55-43(70)34(22-35(49)61)60-41(68)32(20-26-12-5-4-6-13-26)59-40(67)30(16-11-19-53-44(50)51)56-42(69)33(21-27-24-52-25-54-27)58-38(65)28(48)14-7-9-17-46/h4-6,12-13,24-25,28-34H,7-11,14-23,46-48H2,1-3H3,(H2,49,61)(H,52,54)(H,55,70)(H,56,69)(H,57,66)(H,58,65)(H,59,67)(H,60,68)(H,62,63)(H4,50,51,53)/t28-,29-,30-,31-,32-,33-,34?/m0/s1. The number of rotatable bonds is 33. The van der Waals surface area contributed by atoms with Crippen LogP contribution in [0.2, 0.25) is 0 Å². The highest BCUT2D eigenvalue weighted by molar-refractivity contribution is 5.99. The third-order valence-electron chi connectivity index (χ3n) is 10.8. The number of amides is 7. The second kappa shape index (κ2) is 30.5. The summed E-state index contributed by atoms with van der Waals surface area (Å²) in [6, 6.07) is -1.23. The number of hydrogen-bond acceptors (Lipinski definition) is 14. The maximum absolute atomic E-state index is 14.3. The molecule has 0 spiro atoms. The zero-order valence-electron chi connectivity index (χ0n) is 40.2. The summed E-state index contributed by atoms with van der Waals surface area (Å²) in [4.78, 5) is 132. The number of benzene rings is 1. The van der Waals surface area contributed by atoms with Gasteiger partial charge in [0, 0.05) is 36.7 Å². The number of Topliss-reactive ketones (excluding diaryl/α,β-unsaturated/α-hetero) is 1. The Balaban J connectivity index is 2.51. The average Bonchev–Trinajstić information content (AvgIpc) is 3.81. The number of carboxylic acids is 1. The van der Waals surface area contributed by atoms with Gasteiger partial charge in [-0.25, -0.2) is 4.98 Å². The summed E-state index contributed by atoms with van der Waals surface area (Å²) in [5, 5.41) is 24.9. The van der Waals surface area contributed by atoms with Gasteiger partial charge in [-0.15, -0.1) is 0 Å². The second-order valence-corrected chi connectivity index (χ2v) is 17.8. The Morgan fingerprint density at radius 2 is 1.11 bits per heavy atom. The van der Waals surface area contributed by atoms with E-state index in [0.29, 0.717) is 49.9 Å². The van der Waals surface area contributed by atoms with Crippen molar-refractivity contribution in [1.29, 1.82) is 0 Å². The number of carbonyl (C=O) groups excluding carboxylic acids is 8. The van der Waals surface area contributed by atoms with Crippen molar-refractivity contribution in [3.05, 3.63) is 54.1 Å². The number of aliphatic carboxylic acids is 1. The highest BCUT2D eigenvalue weighted by atomic mass is 16.4. The molecule has 25 heteroatoms. The summed E-state index contributed by atoms with van der Waals surface area (Å²) in [5.41, 5.74) is 33.9. The van der Waals surface area contributed by atoms with Gasteiger partial charge in [0.05, 0.1) is 31.3 Å². The van der Waals surface area contributed by atoms with Crippen molar-refractivity contribution in [2.45, 2.75) is 140 Å². The van der Waals surface area contributed by atoms with Gasteiger partial charge in [-0.3, -0.25) is 48.1 Å². The monoisotopic (exact) mass is 984 g/mol. The molecule has 0 radical (unpaired) electrons. The highest BCUT2D eigenvalue weighted by Crippen LogP contribution is 2.19. The Morgan fingerprint density at radius 1 is 0.629 bits per heavy atom. The van der Waals surface area contributed by atoms with E-state index in [0.717, 1.165) is 0 Å². The van der Waals surface area contributed by atoms with E-state index < -0.39 is 114 Å². The lowest BCUT2D eigenvalue weighted by atomic mass is 9.85. The molecule has 388 valence electrons. The minimum atomic E-state index is -1.72. The number of ketones is 1. The molecule has 1 aromatic heterocycles. The van der Waals surface area contributed by atoms with Gasteiger partial charge in [-0.05, 0) is 63.6 Å². The van der Waals surface area contributed by atoms with Gasteiger partial charge < -0.3 is 76.4 Å². The number of unbranched alkanes of at least 4 members (excludes halogenated alkanes) is 2. The van der Waals surface area contributed by atoms with Gasteiger partial charge in [0.1, 0.15) is 30.2 Å². The summed E-state index contributed by atoms with van der Waals surface area (Å²) in [6.45, 7) is 5.34. The normalized spacial score (nSPS) is 14.2. The number of imidazole rings is 1. The van der Waals surface area contributed by atoms with E-state index in [4.69, 9.17) is 34.4 Å². The third-order valence-corrected chi connectivity index (χ3v) is 10.8. The number of aromatic nitrogens is 2. The maximum Gasteiger partial charge on any atom is 0.305 e. The molecule has 2 aromatic rings. The van der Waals surface area contributed by atoms with Crippen molar-refractivity contribution in [3.8, 4) is 0 Å². The first kappa shape index (κ1) is 59.1. The van der Waals surface area contributed by atoms with Crippen molar-refractivity contribution in [2.24, 2.45) is 44.8 Å². The highest BCUT2D eigenvalue weighted by Gasteiger charge is 2.37. The number of H-pyrrole nitrogens is 1. The Bertz CT molecular complexity index is 2060. The van der Waals surface area contributed by atoms with Gasteiger partial charge in [0.15, 0.2) is 11.7 Å². The molecule has 2 rings (SSSR count). The zero-order chi connectivity index (χ0) is 52.4. The van der Waals surface area contributed by atoms with Crippen LogP contribution in [0.25, 0.3) is 0 Å². The van der Waals surface area contributed by atoms with Crippen LogP contribution in [0.4, 0.5) is 0 Å². The Kier molecular flexibility index (Phi) is 25.8. The largest absolute Gasteiger partial charge is 0.481 e. The van der Waals surface area contributed by atoms with Crippen molar-refractivity contribution in [3.63, 3.8) is 0 Å². The van der Waals surface area contributed by atoms with Gasteiger partial charge in [-0.1, -0.05) is 57.5 Å². The first-order valence-corrected chi connectivity index (χ1v) is 23.1. The first-order valence-electron chi connectivity index (χ1n) is 23.1. The number of nitrogens with two attached hydrogens (primary N) is 6. The Labute approximate surface area is 407 Å². The number of nitrogens with zero attached hydrogens (tertiary/aromatic N) is 2. The van der Waals surface area contributed by atoms with E-state index in [1.165, 1.54) is 12.5 Å². The zero-order valence-corrected chi connectivity index (χ0v) is 40.2. The predicted molar refractivity (Wildman–Crippen MR) is 258 cm³/mol. The minimum absolute atomic E-state index is 0.0352. The quantitative estimate of drug-likeness (QED) is 0.0189. The predicted octanol–water partition coefficient (Wildman–Crippen LogP) is -3.29. The second-order valence-electron chi connectivity index (χ2n) is 17.8. The number of guanidine groups is 1. The Morgan fingerprint density at radius 3 is 1.63 bits per heavy atom. The van der Waals surface area contributed by atoms with Crippen molar-refractivity contribution >= 4 is 59.1 Å². The lowest BCUT2D eigenvalue weighted by Gasteiger charge is -2.28. The molecule has 0 aliphatic heterocycles.